The molecule has 0 aliphatic rings. The van der Waals surface area contributed by atoms with Crippen LogP contribution in [0.15, 0.2) is 36.5 Å². The number of aliphatic hydroxyl groups excluding tert-OH is 1. The molecule has 0 aromatic rings. The van der Waals surface area contributed by atoms with Gasteiger partial charge in [-0.05, 0) is 25.7 Å². The molecular formula is C28H51NO9P+. The number of hydrogen-bond acceptors (Lipinski definition) is 8. The molecule has 0 spiro atoms. The number of hydrogen-bond donors (Lipinski definition) is 2. The molecule has 0 rings (SSSR count). The van der Waals surface area contributed by atoms with Crippen molar-refractivity contribution >= 4 is 19.8 Å². The van der Waals surface area contributed by atoms with Gasteiger partial charge in [-0.3, -0.25) is 18.6 Å². The summed E-state index contributed by atoms with van der Waals surface area (Å²) in [5.74, 6) is -1.08. The number of carbonyl (C=O) groups excluding carboxylic acids is 2. The number of phosphoric ester groups is 1. The summed E-state index contributed by atoms with van der Waals surface area (Å²) in [6.45, 7) is 3.08. The summed E-state index contributed by atoms with van der Waals surface area (Å²) in [5.41, 5.74) is 0. The van der Waals surface area contributed by atoms with E-state index in [2.05, 4.69) is 19.1 Å². The van der Waals surface area contributed by atoms with Crippen LogP contribution < -0.4 is 0 Å². The lowest BCUT2D eigenvalue weighted by Gasteiger charge is -2.24. The Bertz CT molecular complexity index is 805. The largest absolute Gasteiger partial charge is 0.472 e. The molecule has 2 N–H and O–H groups in total. The summed E-state index contributed by atoms with van der Waals surface area (Å²) in [7, 11) is 1.39. The van der Waals surface area contributed by atoms with Gasteiger partial charge in [0.15, 0.2) is 6.10 Å². The second kappa shape index (κ2) is 21.9. The SMILES string of the molecule is CC/C=C/C/C=C/C=C/C(O)CCCCCCCC(=O)O[C@H](COC(C)=O)COP(=O)(O)OCC[N+](C)(C)C. The molecule has 11 heteroatoms. The van der Waals surface area contributed by atoms with Crippen molar-refractivity contribution < 1.29 is 47.2 Å². The van der Waals surface area contributed by atoms with Gasteiger partial charge in [0.05, 0.1) is 33.9 Å². The van der Waals surface area contributed by atoms with Gasteiger partial charge in [0.1, 0.15) is 19.8 Å². The number of nitrogens with zero attached hydrogens (tertiary/aromatic N) is 1. The van der Waals surface area contributed by atoms with Crippen LogP contribution in [0.25, 0.3) is 0 Å². The molecule has 0 saturated heterocycles. The van der Waals surface area contributed by atoms with Crippen LogP contribution in [0.5, 0.6) is 0 Å². The summed E-state index contributed by atoms with van der Waals surface area (Å²) in [5, 5.41) is 10.0. The minimum Gasteiger partial charge on any atom is -0.462 e. The minimum atomic E-state index is -4.35. The molecule has 2 unspecified atom stereocenters. The van der Waals surface area contributed by atoms with Gasteiger partial charge in [0.2, 0.25) is 0 Å². The monoisotopic (exact) mass is 576 g/mol. The van der Waals surface area contributed by atoms with E-state index in [1.54, 1.807) is 6.08 Å². The average Bonchev–Trinajstić information content (AvgIpc) is 2.83. The predicted molar refractivity (Wildman–Crippen MR) is 152 cm³/mol. The number of esters is 2. The highest BCUT2D eigenvalue weighted by Gasteiger charge is 2.26. The highest BCUT2D eigenvalue weighted by Crippen LogP contribution is 2.43. The summed E-state index contributed by atoms with van der Waals surface area (Å²) in [6.07, 6.45) is 17.3. The Kier molecular flexibility index (Phi) is 20.9. The Morgan fingerprint density at radius 1 is 0.949 bits per heavy atom. The standard InChI is InChI=1S/C28H50NO9P/c1-6-7-8-9-10-12-15-18-26(31)19-16-13-11-14-17-20-28(32)38-27(23-35-25(2)30)24-37-39(33,34)36-22-21-29(3,4)5/h7-8,10,12,15,18,26-27,31H,6,9,11,13-14,16-17,19-24H2,1-5H3/p+1/b8-7+,12-10+,18-15+/t26?,27-/m1/s1. The van der Waals surface area contributed by atoms with Gasteiger partial charge >= 0.3 is 19.8 Å². The molecule has 0 amide bonds. The van der Waals surface area contributed by atoms with Gasteiger partial charge in [-0.15, -0.1) is 0 Å². The molecule has 0 fully saturated rings. The number of ether oxygens (including phenoxy) is 2. The normalized spacial score (nSPS) is 15.6. The fourth-order valence-corrected chi connectivity index (χ4v) is 3.90. The van der Waals surface area contributed by atoms with Crippen molar-refractivity contribution in [2.24, 2.45) is 0 Å². The topological polar surface area (TPSA) is 129 Å². The zero-order valence-corrected chi connectivity index (χ0v) is 25.4. The molecule has 0 aliphatic carbocycles. The number of phosphoric acid groups is 1. The minimum absolute atomic E-state index is 0.00980. The summed E-state index contributed by atoms with van der Waals surface area (Å²) < 4.78 is 32.8. The molecule has 0 aliphatic heterocycles. The predicted octanol–water partition coefficient (Wildman–Crippen LogP) is 4.86. The summed E-state index contributed by atoms with van der Waals surface area (Å²) in [4.78, 5) is 33.3. The van der Waals surface area contributed by atoms with Gasteiger partial charge in [-0.2, -0.15) is 0 Å². The van der Waals surface area contributed by atoms with Crippen LogP contribution in [-0.2, 0) is 32.7 Å². The highest BCUT2D eigenvalue weighted by molar-refractivity contribution is 7.47. The number of aliphatic hydroxyl groups is 1. The molecule has 0 radical (unpaired) electrons. The van der Waals surface area contributed by atoms with Crippen LogP contribution in [0.1, 0.15) is 71.6 Å². The Balaban J connectivity index is 4.22. The second-order valence-corrected chi connectivity index (χ2v) is 11.8. The molecule has 39 heavy (non-hydrogen) atoms. The van der Waals surface area contributed by atoms with Crippen molar-refractivity contribution in [1.82, 2.24) is 0 Å². The quantitative estimate of drug-likeness (QED) is 0.0437. The third-order valence-electron chi connectivity index (χ3n) is 5.35. The zero-order chi connectivity index (χ0) is 29.6. The first-order valence-corrected chi connectivity index (χ1v) is 15.3. The van der Waals surface area contributed by atoms with Gasteiger partial charge < -0.3 is 24.0 Å². The van der Waals surface area contributed by atoms with Gasteiger partial charge in [-0.25, -0.2) is 4.57 Å². The van der Waals surface area contributed by atoms with E-state index >= 15 is 0 Å². The van der Waals surface area contributed by atoms with E-state index in [9.17, 15) is 24.2 Å². The van der Waals surface area contributed by atoms with Crippen LogP contribution in [0.4, 0.5) is 0 Å². The van der Waals surface area contributed by atoms with Crippen molar-refractivity contribution in [1.29, 1.82) is 0 Å². The average molecular weight is 577 g/mol. The lowest BCUT2D eigenvalue weighted by Crippen LogP contribution is -2.37. The smallest absolute Gasteiger partial charge is 0.462 e. The van der Waals surface area contributed by atoms with Crippen molar-refractivity contribution in [2.45, 2.75) is 83.8 Å². The van der Waals surface area contributed by atoms with Gasteiger partial charge in [0.25, 0.3) is 0 Å². The maximum atomic E-state index is 12.2. The Morgan fingerprint density at radius 3 is 2.31 bits per heavy atom. The summed E-state index contributed by atoms with van der Waals surface area (Å²) in [6, 6.07) is 0. The van der Waals surface area contributed by atoms with Crippen molar-refractivity contribution in [3.63, 3.8) is 0 Å². The maximum Gasteiger partial charge on any atom is 0.472 e. The Labute approximate surface area is 234 Å². The van der Waals surface area contributed by atoms with Crippen LogP contribution in [0.2, 0.25) is 0 Å². The first-order valence-electron chi connectivity index (χ1n) is 13.8. The van der Waals surface area contributed by atoms with Gasteiger partial charge in [0, 0.05) is 13.3 Å². The van der Waals surface area contributed by atoms with E-state index in [0.717, 1.165) is 38.5 Å². The van der Waals surface area contributed by atoms with Crippen LogP contribution in [0.3, 0.4) is 0 Å². The van der Waals surface area contributed by atoms with Crippen molar-refractivity contribution in [3.05, 3.63) is 36.5 Å². The number of quaternary nitrogens is 1. The number of allylic oxidation sites excluding steroid dienone is 5. The Hall–Kier alpha value is -1.81. The molecule has 226 valence electrons. The summed E-state index contributed by atoms with van der Waals surface area (Å²) >= 11 is 0. The molecule has 3 atom stereocenters. The van der Waals surface area contributed by atoms with E-state index in [4.69, 9.17) is 18.5 Å². The van der Waals surface area contributed by atoms with E-state index in [1.165, 1.54) is 6.92 Å². The molecule has 0 saturated carbocycles. The molecule has 0 bridgehead atoms. The van der Waals surface area contributed by atoms with E-state index < -0.39 is 38.6 Å². The van der Waals surface area contributed by atoms with Crippen LogP contribution in [0, 0.1) is 0 Å². The number of rotatable bonds is 23. The van der Waals surface area contributed by atoms with E-state index in [0.29, 0.717) is 23.9 Å². The van der Waals surface area contributed by atoms with Gasteiger partial charge in [-0.1, -0.05) is 69.1 Å². The number of carbonyl (C=O) groups is 2. The van der Waals surface area contributed by atoms with E-state index in [1.807, 2.05) is 39.4 Å². The fraction of sp³-hybridized carbons (Fsp3) is 0.714. The number of likely N-dealkylation sites (N-methyl/N-ethyl adjacent to an activating group) is 1. The van der Waals surface area contributed by atoms with Crippen LogP contribution >= 0.6 is 7.82 Å². The molecule has 0 aromatic carbocycles. The first kappa shape index (κ1) is 37.2. The van der Waals surface area contributed by atoms with Crippen molar-refractivity contribution in [3.8, 4) is 0 Å². The zero-order valence-electron chi connectivity index (χ0n) is 24.5. The lowest BCUT2D eigenvalue weighted by atomic mass is 10.1. The third-order valence-corrected chi connectivity index (χ3v) is 6.33. The lowest BCUT2D eigenvalue weighted by molar-refractivity contribution is -0.870. The molecule has 0 aromatic heterocycles. The third kappa shape index (κ3) is 26.2. The second-order valence-electron chi connectivity index (χ2n) is 10.3. The highest BCUT2D eigenvalue weighted by atomic mass is 31.2. The van der Waals surface area contributed by atoms with E-state index in [-0.39, 0.29) is 19.6 Å². The Morgan fingerprint density at radius 2 is 1.64 bits per heavy atom. The molecule has 0 heterocycles. The molecular weight excluding hydrogens is 525 g/mol. The first-order chi connectivity index (χ1) is 18.3. The van der Waals surface area contributed by atoms with Crippen LogP contribution in [-0.4, -0.2) is 86.1 Å². The number of unbranched alkanes of at least 4 members (excludes halogenated alkanes) is 4. The maximum absolute atomic E-state index is 12.2. The fourth-order valence-electron chi connectivity index (χ4n) is 3.16. The van der Waals surface area contributed by atoms with Crippen molar-refractivity contribution in [2.75, 3.05) is 47.5 Å². The molecule has 10 nitrogen and oxygen atoms in total.